The van der Waals surface area contributed by atoms with Gasteiger partial charge < -0.3 is 10.2 Å². The topological polar surface area (TPSA) is 32.3 Å². The van der Waals surface area contributed by atoms with E-state index in [1.165, 1.54) is 11.1 Å². The molecule has 1 aliphatic rings. The number of amides is 1. The lowest BCUT2D eigenvalue weighted by Crippen LogP contribution is -2.44. The van der Waals surface area contributed by atoms with E-state index in [0.717, 1.165) is 17.8 Å². The number of carbonyl (C=O) groups excluding carboxylic acids is 1. The number of nitrogens with zero attached hydrogens (tertiary/aromatic N) is 1. The van der Waals surface area contributed by atoms with Crippen LogP contribution in [0.2, 0.25) is 0 Å². The molecule has 0 radical (unpaired) electrons. The molecule has 22 heavy (non-hydrogen) atoms. The van der Waals surface area contributed by atoms with Gasteiger partial charge in [-0.25, -0.2) is 0 Å². The van der Waals surface area contributed by atoms with E-state index in [9.17, 15) is 4.79 Å². The Morgan fingerprint density at radius 2 is 2.00 bits per heavy atom. The molecular weight excluding hydrogens is 272 g/mol. The summed E-state index contributed by atoms with van der Waals surface area (Å²) in [7, 11) is 0. The lowest BCUT2D eigenvalue weighted by atomic mass is 10.1. The van der Waals surface area contributed by atoms with Gasteiger partial charge in [-0.2, -0.15) is 0 Å². The number of para-hydroxylation sites is 1. The highest BCUT2D eigenvalue weighted by Crippen LogP contribution is 2.32. The van der Waals surface area contributed by atoms with E-state index in [1.807, 2.05) is 42.2 Å². The maximum absolute atomic E-state index is 12.9. The first kappa shape index (κ1) is 14.6. The van der Waals surface area contributed by atoms with Crippen LogP contribution in [0.15, 0.2) is 48.5 Å². The minimum absolute atomic E-state index is 0.124. The van der Waals surface area contributed by atoms with Crippen molar-refractivity contribution >= 4 is 17.3 Å². The maximum Gasteiger partial charge on any atom is 0.249 e. The first-order chi connectivity index (χ1) is 10.6. The monoisotopic (exact) mass is 294 g/mol. The van der Waals surface area contributed by atoms with Crippen molar-refractivity contribution in [1.29, 1.82) is 0 Å². The molecule has 0 aliphatic carbocycles. The average molecular weight is 294 g/mol. The lowest BCUT2D eigenvalue weighted by molar-refractivity contribution is -0.119. The van der Waals surface area contributed by atoms with Crippen molar-refractivity contribution in [2.75, 3.05) is 10.2 Å². The fourth-order valence-corrected chi connectivity index (χ4v) is 3.16. The van der Waals surface area contributed by atoms with Crippen LogP contribution in [0, 0.1) is 6.92 Å². The van der Waals surface area contributed by atoms with Crippen LogP contribution < -0.4 is 10.2 Å². The van der Waals surface area contributed by atoms with Crippen molar-refractivity contribution in [3.8, 4) is 0 Å². The van der Waals surface area contributed by atoms with Gasteiger partial charge in [-0.15, -0.1) is 0 Å². The Morgan fingerprint density at radius 1 is 1.23 bits per heavy atom. The molecule has 0 bridgehead atoms. The Hall–Kier alpha value is -2.29. The van der Waals surface area contributed by atoms with Crippen LogP contribution in [0.3, 0.4) is 0 Å². The van der Waals surface area contributed by atoms with Crippen LogP contribution in [0.4, 0.5) is 11.4 Å². The number of carbonyl (C=O) groups is 1. The molecule has 2 unspecified atom stereocenters. The molecule has 2 aromatic carbocycles. The third-order valence-corrected chi connectivity index (χ3v) is 4.22. The smallest absolute Gasteiger partial charge is 0.249 e. The second-order valence-corrected chi connectivity index (χ2v) is 6.13. The van der Waals surface area contributed by atoms with E-state index in [0.29, 0.717) is 0 Å². The Kier molecular flexibility index (Phi) is 3.88. The number of hydrogen-bond donors (Lipinski definition) is 1. The Labute approximate surface area is 132 Å². The highest BCUT2D eigenvalue weighted by Gasteiger charge is 2.32. The van der Waals surface area contributed by atoms with Crippen molar-refractivity contribution in [1.82, 2.24) is 0 Å². The Morgan fingerprint density at radius 3 is 2.77 bits per heavy atom. The fourth-order valence-electron chi connectivity index (χ4n) is 3.16. The zero-order valence-electron chi connectivity index (χ0n) is 13.3. The molecule has 0 saturated heterocycles. The standard InChI is InChI=1S/C19H22N2O/c1-13-7-6-9-17(11-13)20-15(3)19(22)21-14(2)12-16-8-4-5-10-18(16)21/h4-11,14-15,20H,12H2,1-3H3. The molecule has 114 valence electrons. The van der Waals surface area contributed by atoms with Gasteiger partial charge in [-0.1, -0.05) is 30.3 Å². The summed E-state index contributed by atoms with van der Waals surface area (Å²) in [4.78, 5) is 14.8. The number of rotatable bonds is 3. The number of fused-ring (bicyclic) bond motifs is 1. The minimum atomic E-state index is -0.254. The number of aryl methyl sites for hydroxylation is 1. The molecule has 3 rings (SSSR count). The molecule has 1 N–H and O–H groups in total. The molecule has 0 fully saturated rings. The quantitative estimate of drug-likeness (QED) is 0.934. The van der Waals surface area contributed by atoms with Gasteiger partial charge in [0.25, 0.3) is 0 Å². The molecule has 1 aliphatic heterocycles. The van der Waals surface area contributed by atoms with Crippen molar-refractivity contribution in [3.63, 3.8) is 0 Å². The van der Waals surface area contributed by atoms with Gasteiger partial charge in [0, 0.05) is 17.4 Å². The number of benzene rings is 2. The third kappa shape index (κ3) is 2.71. The van der Waals surface area contributed by atoms with E-state index in [2.05, 4.69) is 37.4 Å². The van der Waals surface area contributed by atoms with Crippen LogP contribution in [-0.4, -0.2) is 18.0 Å². The van der Waals surface area contributed by atoms with E-state index < -0.39 is 0 Å². The molecule has 2 aromatic rings. The largest absolute Gasteiger partial charge is 0.374 e. The lowest BCUT2D eigenvalue weighted by Gasteiger charge is -2.27. The SMILES string of the molecule is Cc1cccc(NC(C)C(=O)N2c3ccccc3CC2C)c1. The normalized spacial score (nSPS) is 18.0. The van der Waals surface area contributed by atoms with Crippen LogP contribution in [0.5, 0.6) is 0 Å². The summed E-state index contributed by atoms with van der Waals surface area (Å²) in [6.45, 7) is 6.09. The van der Waals surface area contributed by atoms with E-state index in [4.69, 9.17) is 0 Å². The third-order valence-electron chi connectivity index (χ3n) is 4.22. The predicted molar refractivity (Wildman–Crippen MR) is 91.4 cm³/mol. The summed E-state index contributed by atoms with van der Waals surface area (Å²) >= 11 is 0. The van der Waals surface area contributed by atoms with Gasteiger partial charge in [0.05, 0.1) is 0 Å². The fraction of sp³-hybridized carbons (Fsp3) is 0.316. The second kappa shape index (κ2) is 5.84. The molecule has 0 aromatic heterocycles. The number of anilines is 2. The first-order valence-electron chi connectivity index (χ1n) is 7.80. The Balaban J connectivity index is 1.79. The molecule has 0 spiro atoms. The summed E-state index contributed by atoms with van der Waals surface area (Å²) in [5.41, 5.74) is 4.48. The summed E-state index contributed by atoms with van der Waals surface area (Å²) in [6.07, 6.45) is 0.930. The van der Waals surface area contributed by atoms with Crippen LogP contribution >= 0.6 is 0 Å². The van der Waals surface area contributed by atoms with Gasteiger partial charge >= 0.3 is 0 Å². The molecular formula is C19H22N2O. The number of hydrogen-bond acceptors (Lipinski definition) is 2. The molecule has 1 amide bonds. The van der Waals surface area contributed by atoms with Crippen molar-refractivity contribution in [2.45, 2.75) is 39.3 Å². The minimum Gasteiger partial charge on any atom is -0.374 e. The average Bonchev–Trinajstić information content (AvgIpc) is 2.82. The van der Waals surface area contributed by atoms with Crippen molar-refractivity contribution in [2.24, 2.45) is 0 Å². The zero-order valence-corrected chi connectivity index (χ0v) is 13.3. The highest BCUT2D eigenvalue weighted by molar-refractivity contribution is 6.00. The van der Waals surface area contributed by atoms with Crippen molar-refractivity contribution < 1.29 is 4.79 Å². The molecule has 2 atom stereocenters. The zero-order chi connectivity index (χ0) is 15.7. The van der Waals surface area contributed by atoms with Crippen molar-refractivity contribution in [3.05, 3.63) is 59.7 Å². The van der Waals surface area contributed by atoms with Gasteiger partial charge in [-0.05, 0) is 56.5 Å². The van der Waals surface area contributed by atoms with Crippen LogP contribution in [0.1, 0.15) is 25.0 Å². The van der Waals surface area contributed by atoms with Gasteiger partial charge in [0.1, 0.15) is 6.04 Å². The molecule has 1 heterocycles. The summed E-state index contributed by atoms with van der Waals surface area (Å²) in [6, 6.07) is 16.3. The summed E-state index contributed by atoms with van der Waals surface area (Å²) < 4.78 is 0. The Bertz CT molecular complexity index is 695. The predicted octanol–water partition coefficient (Wildman–Crippen LogP) is 3.77. The van der Waals surface area contributed by atoms with Gasteiger partial charge in [0.15, 0.2) is 0 Å². The maximum atomic E-state index is 12.9. The van der Waals surface area contributed by atoms with Gasteiger partial charge in [-0.3, -0.25) is 4.79 Å². The molecule has 3 heteroatoms. The van der Waals surface area contributed by atoms with E-state index in [1.54, 1.807) is 0 Å². The second-order valence-electron chi connectivity index (χ2n) is 6.13. The van der Waals surface area contributed by atoms with E-state index >= 15 is 0 Å². The summed E-state index contributed by atoms with van der Waals surface area (Å²) in [5.74, 6) is 0.124. The molecule has 0 saturated carbocycles. The van der Waals surface area contributed by atoms with Gasteiger partial charge in [0.2, 0.25) is 5.91 Å². The van der Waals surface area contributed by atoms with E-state index in [-0.39, 0.29) is 18.0 Å². The van der Waals surface area contributed by atoms with Crippen LogP contribution in [-0.2, 0) is 11.2 Å². The van der Waals surface area contributed by atoms with Crippen LogP contribution in [0.25, 0.3) is 0 Å². The summed E-state index contributed by atoms with van der Waals surface area (Å²) in [5, 5.41) is 3.32. The first-order valence-corrected chi connectivity index (χ1v) is 7.80. The molecule has 3 nitrogen and oxygen atoms in total. The highest BCUT2D eigenvalue weighted by atomic mass is 16.2. The number of nitrogens with one attached hydrogen (secondary N) is 1.